The van der Waals surface area contributed by atoms with Gasteiger partial charge in [0.25, 0.3) is 0 Å². The molecule has 2 N–H and O–H groups in total. The molecule has 2 rings (SSSR count). The monoisotopic (exact) mass is 346 g/mol. The van der Waals surface area contributed by atoms with E-state index in [2.05, 4.69) is 5.32 Å². The highest BCUT2D eigenvalue weighted by molar-refractivity contribution is 5.74. The zero-order valence-corrected chi connectivity index (χ0v) is 13.4. The van der Waals surface area contributed by atoms with Crippen LogP contribution in [0.1, 0.15) is 18.9 Å². The lowest BCUT2D eigenvalue weighted by Gasteiger charge is -2.26. The number of likely N-dealkylation sites (tertiary alicyclic amines) is 1. The number of hydrogen-bond donors (Lipinski definition) is 2. The van der Waals surface area contributed by atoms with E-state index in [-0.39, 0.29) is 13.1 Å². The Morgan fingerprint density at radius 2 is 2.12 bits per heavy atom. The minimum absolute atomic E-state index is 0.128. The normalized spacial score (nSPS) is 21.0. The maximum Gasteiger partial charge on any atom is 0.419 e. The molecule has 1 atom stereocenters. The van der Waals surface area contributed by atoms with Crippen LogP contribution in [0.3, 0.4) is 0 Å². The van der Waals surface area contributed by atoms with Crippen molar-refractivity contribution < 1.29 is 27.8 Å². The van der Waals surface area contributed by atoms with Crippen molar-refractivity contribution in [2.24, 2.45) is 0 Å². The van der Waals surface area contributed by atoms with Crippen LogP contribution in [0.15, 0.2) is 24.3 Å². The molecule has 1 fully saturated rings. The molecule has 1 aliphatic heterocycles. The smallest absolute Gasteiger partial charge is 0.419 e. The van der Waals surface area contributed by atoms with Crippen LogP contribution in [0.25, 0.3) is 0 Å². The number of urea groups is 1. The highest BCUT2D eigenvalue weighted by Crippen LogP contribution is 2.37. The van der Waals surface area contributed by atoms with E-state index in [0.29, 0.717) is 13.0 Å². The summed E-state index contributed by atoms with van der Waals surface area (Å²) in [5, 5.41) is 12.2. The second-order valence-electron chi connectivity index (χ2n) is 5.72. The first-order chi connectivity index (χ1) is 11.3. The van der Waals surface area contributed by atoms with Gasteiger partial charge in [-0.1, -0.05) is 18.2 Å². The van der Waals surface area contributed by atoms with E-state index in [4.69, 9.17) is 4.74 Å². The Morgan fingerprint density at radius 3 is 2.75 bits per heavy atom. The molecular formula is C16H21F3N2O3. The van der Waals surface area contributed by atoms with E-state index in [0.717, 1.165) is 16.2 Å². The molecule has 8 heteroatoms. The van der Waals surface area contributed by atoms with Gasteiger partial charge < -0.3 is 20.1 Å². The molecule has 0 spiro atoms. The number of nitrogens with one attached hydrogen (secondary N) is 1. The van der Waals surface area contributed by atoms with Gasteiger partial charge in [-0.3, -0.25) is 0 Å². The summed E-state index contributed by atoms with van der Waals surface area (Å²) in [7, 11) is 0. The minimum Gasteiger partial charge on any atom is -0.494 e. The lowest BCUT2D eigenvalue weighted by molar-refractivity contribution is -0.253. The van der Waals surface area contributed by atoms with Gasteiger partial charge >= 0.3 is 12.2 Å². The molecule has 2 amide bonds. The Morgan fingerprint density at radius 1 is 1.42 bits per heavy atom. The van der Waals surface area contributed by atoms with Crippen LogP contribution in [0.4, 0.5) is 18.0 Å². The Bertz CT molecular complexity index is 580. The SMILES string of the molecule is CCOc1ccccc1CCNC(=O)N1CC[C@@](O)(C(F)(F)F)C1. The number of para-hydroxylation sites is 1. The zero-order valence-electron chi connectivity index (χ0n) is 13.4. The number of amides is 2. The first kappa shape index (κ1) is 18.4. The molecule has 134 valence electrons. The predicted octanol–water partition coefficient (Wildman–Crippen LogP) is 2.34. The average Bonchev–Trinajstić information content (AvgIpc) is 2.93. The molecule has 0 saturated carbocycles. The van der Waals surface area contributed by atoms with Gasteiger partial charge in [-0.2, -0.15) is 13.2 Å². The van der Waals surface area contributed by atoms with Gasteiger partial charge in [0.1, 0.15) is 5.75 Å². The van der Waals surface area contributed by atoms with Crippen molar-refractivity contribution in [2.45, 2.75) is 31.5 Å². The third-order valence-corrected chi connectivity index (χ3v) is 4.01. The van der Waals surface area contributed by atoms with Crippen molar-refractivity contribution >= 4 is 6.03 Å². The Kier molecular flexibility index (Phi) is 5.58. The topological polar surface area (TPSA) is 61.8 Å². The van der Waals surface area contributed by atoms with Crippen LogP contribution >= 0.6 is 0 Å². The Hall–Kier alpha value is -1.96. The lowest BCUT2D eigenvalue weighted by atomic mass is 10.0. The third kappa shape index (κ3) is 4.11. The van der Waals surface area contributed by atoms with Gasteiger partial charge in [-0.15, -0.1) is 0 Å². The minimum atomic E-state index is -4.74. The first-order valence-corrected chi connectivity index (χ1v) is 7.79. The summed E-state index contributed by atoms with van der Waals surface area (Å²) in [5.41, 5.74) is -1.90. The molecule has 1 heterocycles. The summed E-state index contributed by atoms with van der Waals surface area (Å²) in [4.78, 5) is 13.0. The molecule has 1 aromatic carbocycles. The maximum absolute atomic E-state index is 12.7. The number of aliphatic hydroxyl groups is 1. The fourth-order valence-corrected chi connectivity index (χ4v) is 2.62. The molecule has 1 aromatic rings. The molecule has 0 aromatic heterocycles. The first-order valence-electron chi connectivity index (χ1n) is 7.79. The highest BCUT2D eigenvalue weighted by Gasteiger charge is 2.57. The molecule has 0 bridgehead atoms. The summed E-state index contributed by atoms with van der Waals surface area (Å²) < 4.78 is 43.7. The number of benzene rings is 1. The largest absolute Gasteiger partial charge is 0.494 e. The van der Waals surface area contributed by atoms with Crippen LogP contribution in [-0.2, 0) is 6.42 Å². The van der Waals surface area contributed by atoms with Gasteiger partial charge in [-0.05, 0) is 25.0 Å². The van der Waals surface area contributed by atoms with Gasteiger partial charge in [0, 0.05) is 19.5 Å². The molecule has 5 nitrogen and oxygen atoms in total. The van der Waals surface area contributed by atoms with Crippen molar-refractivity contribution in [2.75, 3.05) is 26.2 Å². The van der Waals surface area contributed by atoms with Crippen LogP contribution in [-0.4, -0.2) is 54.1 Å². The van der Waals surface area contributed by atoms with Crippen molar-refractivity contribution in [3.05, 3.63) is 29.8 Å². The lowest BCUT2D eigenvalue weighted by Crippen LogP contribution is -2.49. The van der Waals surface area contributed by atoms with Crippen molar-refractivity contribution in [3.8, 4) is 5.75 Å². The van der Waals surface area contributed by atoms with Crippen molar-refractivity contribution in [1.82, 2.24) is 10.2 Å². The predicted molar refractivity (Wildman–Crippen MR) is 81.9 cm³/mol. The van der Waals surface area contributed by atoms with Gasteiger partial charge in [-0.25, -0.2) is 4.79 Å². The van der Waals surface area contributed by atoms with Crippen LogP contribution in [0.2, 0.25) is 0 Å². The molecule has 0 aliphatic carbocycles. The van der Waals surface area contributed by atoms with Crippen molar-refractivity contribution in [1.29, 1.82) is 0 Å². The van der Waals surface area contributed by atoms with Gasteiger partial charge in [0.15, 0.2) is 5.60 Å². The second kappa shape index (κ2) is 7.29. The quantitative estimate of drug-likeness (QED) is 0.860. The fraction of sp³-hybridized carbons (Fsp3) is 0.562. The summed E-state index contributed by atoms with van der Waals surface area (Å²) in [6.07, 6.45) is -4.74. The van der Waals surface area contributed by atoms with Crippen molar-refractivity contribution in [3.63, 3.8) is 0 Å². The highest BCUT2D eigenvalue weighted by atomic mass is 19.4. The van der Waals surface area contributed by atoms with E-state index < -0.39 is 30.8 Å². The maximum atomic E-state index is 12.7. The Labute approximate surface area is 138 Å². The van der Waals surface area contributed by atoms with Crippen LogP contribution < -0.4 is 10.1 Å². The molecule has 0 unspecified atom stereocenters. The van der Waals surface area contributed by atoms with E-state index in [1.165, 1.54) is 0 Å². The second-order valence-corrected chi connectivity index (χ2v) is 5.72. The zero-order chi connectivity index (χ0) is 17.8. The number of nitrogens with zero attached hydrogens (tertiary/aromatic N) is 1. The van der Waals surface area contributed by atoms with Crippen LogP contribution in [0.5, 0.6) is 5.75 Å². The molecule has 24 heavy (non-hydrogen) atoms. The number of carbonyl (C=O) groups excluding carboxylic acids is 1. The summed E-state index contributed by atoms with van der Waals surface area (Å²) in [5.74, 6) is 0.724. The standard InChI is InChI=1S/C16H21F3N2O3/c1-2-24-13-6-4-3-5-12(13)7-9-20-14(22)21-10-8-15(23,11-21)16(17,18)19/h3-6,23H,2,7-11H2,1H3,(H,20,22)/t15-/m0/s1. The number of hydrogen-bond acceptors (Lipinski definition) is 3. The molecule has 1 aliphatic rings. The number of ether oxygens (including phenoxy) is 1. The molecular weight excluding hydrogens is 325 g/mol. The summed E-state index contributed by atoms with van der Waals surface area (Å²) in [6.45, 7) is 1.79. The fourth-order valence-electron chi connectivity index (χ4n) is 2.62. The molecule has 0 radical (unpaired) electrons. The number of halogens is 3. The van der Waals surface area contributed by atoms with E-state index >= 15 is 0 Å². The van der Waals surface area contributed by atoms with Crippen LogP contribution in [0, 0.1) is 0 Å². The van der Waals surface area contributed by atoms with Gasteiger partial charge in [0.2, 0.25) is 0 Å². The molecule has 1 saturated heterocycles. The van der Waals surface area contributed by atoms with E-state index in [1.807, 2.05) is 31.2 Å². The number of β-amino-alcohol motifs (C(OH)–C–C–N with tert-alkyl or cyclic N) is 1. The number of carbonyl (C=O) groups is 1. The average molecular weight is 346 g/mol. The van der Waals surface area contributed by atoms with E-state index in [9.17, 15) is 23.1 Å². The number of rotatable bonds is 5. The number of alkyl halides is 3. The Balaban J connectivity index is 1.85. The third-order valence-electron chi connectivity index (χ3n) is 4.01. The summed E-state index contributed by atoms with van der Waals surface area (Å²) in [6, 6.07) is 6.78. The van der Waals surface area contributed by atoms with E-state index in [1.54, 1.807) is 0 Å². The van der Waals surface area contributed by atoms with Gasteiger partial charge in [0.05, 0.1) is 13.2 Å². The summed E-state index contributed by atoms with van der Waals surface area (Å²) >= 11 is 0.